The van der Waals surface area contributed by atoms with Gasteiger partial charge in [-0.3, -0.25) is 4.68 Å². The quantitative estimate of drug-likeness (QED) is 0.570. The van der Waals surface area contributed by atoms with Gasteiger partial charge in [-0.15, -0.1) is 0 Å². The molecule has 136 valence electrons. The van der Waals surface area contributed by atoms with Crippen LogP contribution in [0.2, 0.25) is 0 Å². The van der Waals surface area contributed by atoms with Crippen molar-refractivity contribution in [2.24, 2.45) is 0 Å². The first-order valence-electron chi connectivity index (χ1n) is 8.15. The second-order valence-corrected chi connectivity index (χ2v) is 5.98. The van der Waals surface area contributed by atoms with E-state index in [0.29, 0.717) is 39.9 Å². The third-order valence-corrected chi connectivity index (χ3v) is 4.15. The van der Waals surface area contributed by atoms with Crippen LogP contribution in [-0.2, 0) is 6.54 Å². The molecule has 4 rings (SSSR count). The lowest BCUT2D eigenvalue weighted by Crippen LogP contribution is -2.07. The minimum Gasteiger partial charge on any atom is -0.394 e. The maximum Gasteiger partial charge on any atom is 0.182 e. The molecule has 4 N–H and O–H groups in total. The molecule has 0 radical (unpaired) electrons. The Balaban J connectivity index is 1.82. The Hall–Kier alpha value is -3.75. The van der Waals surface area contributed by atoms with Crippen LogP contribution < -0.4 is 11.5 Å². The van der Waals surface area contributed by atoms with Crippen LogP contribution >= 0.6 is 0 Å². The van der Waals surface area contributed by atoms with E-state index in [-0.39, 0.29) is 18.2 Å². The van der Waals surface area contributed by atoms with E-state index in [9.17, 15) is 4.39 Å². The molecule has 9 heteroatoms. The Kier molecular flexibility index (Phi) is 4.03. The molecule has 0 saturated carbocycles. The zero-order valence-electron chi connectivity index (χ0n) is 14.4. The Bertz CT molecular complexity index is 1080. The van der Waals surface area contributed by atoms with Gasteiger partial charge in [-0.2, -0.15) is 5.10 Å². The first-order chi connectivity index (χ1) is 13.0. The summed E-state index contributed by atoms with van der Waals surface area (Å²) in [6.45, 7) is 1.95. The van der Waals surface area contributed by atoms with Crippen LogP contribution in [0.25, 0.3) is 22.9 Å². The average molecular weight is 365 g/mol. The van der Waals surface area contributed by atoms with Crippen LogP contribution in [0.3, 0.4) is 0 Å². The monoisotopic (exact) mass is 365 g/mol. The SMILES string of the molecule is Cc1nc(-c2cc(-c3ccon3)n(Cc3ccccc3F)n2)nc(N)c1N. The predicted octanol–water partition coefficient (Wildman–Crippen LogP) is 2.66. The molecule has 4 aromatic rings. The van der Waals surface area contributed by atoms with Crippen molar-refractivity contribution in [3.8, 4) is 22.9 Å². The van der Waals surface area contributed by atoms with E-state index in [1.54, 1.807) is 41.9 Å². The molecule has 3 heterocycles. The van der Waals surface area contributed by atoms with Crippen molar-refractivity contribution in [2.45, 2.75) is 13.5 Å². The second kappa shape index (κ2) is 6.52. The molecule has 0 saturated heterocycles. The number of nitrogens with two attached hydrogens (primary N) is 2. The number of nitrogen functional groups attached to an aromatic ring is 2. The van der Waals surface area contributed by atoms with Gasteiger partial charge in [0, 0.05) is 11.6 Å². The van der Waals surface area contributed by atoms with Crippen molar-refractivity contribution in [1.29, 1.82) is 0 Å². The number of aryl methyl sites for hydroxylation is 1. The van der Waals surface area contributed by atoms with E-state index in [4.69, 9.17) is 16.0 Å². The van der Waals surface area contributed by atoms with Crippen LogP contribution in [0, 0.1) is 12.7 Å². The number of hydrogen-bond donors (Lipinski definition) is 2. The van der Waals surface area contributed by atoms with Crippen molar-refractivity contribution >= 4 is 11.5 Å². The summed E-state index contributed by atoms with van der Waals surface area (Å²) in [5.74, 6) is 0.199. The van der Waals surface area contributed by atoms with Crippen molar-refractivity contribution in [3.63, 3.8) is 0 Å². The lowest BCUT2D eigenvalue weighted by atomic mass is 10.2. The number of benzene rings is 1. The van der Waals surface area contributed by atoms with E-state index < -0.39 is 0 Å². The molecule has 0 fully saturated rings. The van der Waals surface area contributed by atoms with Crippen LogP contribution in [0.5, 0.6) is 0 Å². The third kappa shape index (κ3) is 3.10. The molecule has 0 amide bonds. The Morgan fingerprint density at radius 3 is 2.63 bits per heavy atom. The predicted molar refractivity (Wildman–Crippen MR) is 97.8 cm³/mol. The van der Waals surface area contributed by atoms with Gasteiger partial charge in [-0.05, 0) is 19.1 Å². The molecule has 0 spiro atoms. The fourth-order valence-corrected chi connectivity index (χ4v) is 2.70. The van der Waals surface area contributed by atoms with Gasteiger partial charge in [0.15, 0.2) is 11.6 Å². The topological polar surface area (TPSA) is 122 Å². The van der Waals surface area contributed by atoms with E-state index in [1.807, 2.05) is 0 Å². The summed E-state index contributed by atoms with van der Waals surface area (Å²) in [5.41, 5.74) is 14.7. The first kappa shape index (κ1) is 16.7. The summed E-state index contributed by atoms with van der Waals surface area (Å²) >= 11 is 0. The van der Waals surface area contributed by atoms with Gasteiger partial charge in [-0.25, -0.2) is 14.4 Å². The zero-order chi connectivity index (χ0) is 19.0. The molecular formula is C18H16FN7O. The van der Waals surface area contributed by atoms with Gasteiger partial charge in [0.25, 0.3) is 0 Å². The summed E-state index contributed by atoms with van der Waals surface area (Å²) in [6.07, 6.45) is 1.46. The van der Waals surface area contributed by atoms with Gasteiger partial charge in [0.2, 0.25) is 0 Å². The second-order valence-electron chi connectivity index (χ2n) is 5.98. The Morgan fingerprint density at radius 1 is 1.11 bits per heavy atom. The molecule has 3 aromatic heterocycles. The maximum absolute atomic E-state index is 14.1. The molecule has 0 unspecified atom stereocenters. The van der Waals surface area contributed by atoms with Crippen LogP contribution in [0.4, 0.5) is 15.9 Å². The van der Waals surface area contributed by atoms with Gasteiger partial charge in [-0.1, -0.05) is 23.4 Å². The normalized spacial score (nSPS) is 11.0. The van der Waals surface area contributed by atoms with Crippen molar-refractivity contribution in [3.05, 3.63) is 59.7 Å². The van der Waals surface area contributed by atoms with E-state index in [2.05, 4.69) is 20.2 Å². The highest BCUT2D eigenvalue weighted by Gasteiger charge is 2.18. The molecule has 0 aliphatic carbocycles. The smallest absolute Gasteiger partial charge is 0.182 e. The number of rotatable bonds is 4. The van der Waals surface area contributed by atoms with Crippen molar-refractivity contribution in [2.75, 3.05) is 11.5 Å². The molecule has 1 aromatic carbocycles. The minimum atomic E-state index is -0.315. The average Bonchev–Trinajstić information content (AvgIpc) is 3.31. The van der Waals surface area contributed by atoms with Gasteiger partial charge in [0.05, 0.1) is 23.6 Å². The van der Waals surface area contributed by atoms with Crippen LogP contribution in [0.15, 0.2) is 47.2 Å². The molecule has 8 nitrogen and oxygen atoms in total. The summed E-state index contributed by atoms with van der Waals surface area (Å²) in [5, 5.41) is 8.48. The van der Waals surface area contributed by atoms with Gasteiger partial charge in [0.1, 0.15) is 23.5 Å². The first-order valence-corrected chi connectivity index (χ1v) is 8.15. The maximum atomic E-state index is 14.1. The fourth-order valence-electron chi connectivity index (χ4n) is 2.70. The Morgan fingerprint density at radius 2 is 1.93 bits per heavy atom. The van der Waals surface area contributed by atoms with Crippen molar-refractivity contribution < 1.29 is 8.91 Å². The number of hydrogen-bond acceptors (Lipinski definition) is 7. The molecule has 0 bridgehead atoms. The molecule has 27 heavy (non-hydrogen) atoms. The number of aromatic nitrogens is 5. The third-order valence-electron chi connectivity index (χ3n) is 4.15. The highest BCUT2D eigenvalue weighted by atomic mass is 19.1. The van der Waals surface area contributed by atoms with Crippen LogP contribution in [-0.4, -0.2) is 24.9 Å². The molecule has 0 aliphatic heterocycles. The lowest BCUT2D eigenvalue weighted by Gasteiger charge is -2.07. The van der Waals surface area contributed by atoms with Crippen molar-refractivity contribution in [1.82, 2.24) is 24.9 Å². The largest absolute Gasteiger partial charge is 0.394 e. The van der Waals surface area contributed by atoms with Crippen LogP contribution in [0.1, 0.15) is 11.3 Å². The number of halogens is 1. The number of anilines is 2. The van der Waals surface area contributed by atoms with Gasteiger partial charge < -0.3 is 16.0 Å². The van der Waals surface area contributed by atoms with E-state index >= 15 is 0 Å². The van der Waals surface area contributed by atoms with E-state index in [0.717, 1.165) is 0 Å². The fraction of sp³-hybridized carbons (Fsp3) is 0.111. The summed E-state index contributed by atoms with van der Waals surface area (Å²) in [7, 11) is 0. The standard InChI is InChI=1S/C18H16FN7O/c1-10-16(20)17(21)23-18(22-10)14-8-15(13-6-7-27-25-13)26(24-14)9-11-4-2-3-5-12(11)19/h2-8H,9,20H2,1H3,(H2,21,22,23). The minimum absolute atomic E-state index is 0.184. The summed E-state index contributed by atoms with van der Waals surface area (Å²) in [4.78, 5) is 8.57. The molecule has 0 atom stereocenters. The highest BCUT2D eigenvalue weighted by molar-refractivity contribution is 5.67. The Labute approximate surface area is 153 Å². The summed E-state index contributed by atoms with van der Waals surface area (Å²) < 4.78 is 20.7. The van der Waals surface area contributed by atoms with E-state index in [1.165, 1.54) is 12.3 Å². The number of nitrogens with zero attached hydrogens (tertiary/aromatic N) is 5. The zero-order valence-corrected chi connectivity index (χ0v) is 14.4. The highest BCUT2D eigenvalue weighted by Crippen LogP contribution is 2.26. The van der Waals surface area contributed by atoms with Gasteiger partial charge >= 0.3 is 0 Å². The lowest BCUT2D eigenvalue weighted by molar-refractivity contribution is 0.421. The summed E-state index contributed by atoms with van der Waals surface area (Å²) in [6, 6.07) is 9.96. The molecular weight excluding hydrogens is 349 g/mol. The molecule has 0 aliphatic rings.